The smallest absolute Gasteiger partial charge is 0.337 e. The zero-order valence-electron chi connectivity index (χ0n) is 7.86. The highest BCUT2D eigenvalue weighted by atomic mass is 16.5. The first-order valence-corrected chi connectivity index (χ1v) is 4.38. The van der Waals surface area contributed by atoms with E-state index >= 15 is 0 Å². The van der Waals surface area contributed by atoms with Crippen molar-refractivity contribution in [2.24, 2.45) is 0 Å². The molecule has 0 heterocycles. The van der Waals surface area contributed by atoms with Crippen molar-refractivity contribution in [1.29, 1.82) is 0 Å². The summed E-state index contributed by atoms with van der Waals surface area (Å²) < 4.78 is 4.66. The van der Waals surface area contributed by atoms with Gasteiger partial charge in [-0.05, 0) is 23.3 Å². The number of rotatable bonds is 1. The minimum atomic E-state index is -0.302. The van der Waals surface area contributed by atoms with Crippen molar-refractivity contribution >= 4 is 5.97 Å². The van der Waals surface area contributed by atoms with Crippen molar-refractivity contribution in [3.63, 3.8) is 0 Å². The van der Waals surface area contributed by atoms with Crippen LogP contribution in [0.1, 0.15) is 10.4 Å². The van der Waals surface area contributed by atoms with Crippen molar-refractivity contribution in [1.82, 2.24) is 0 Å². The summed E-state index contributed by atoms with van der Waals surface area (Å²) in [5, 5.41) is 0. The minimum Gasteiger partial charge on any atom is -0.465 e. The number of ether oxygens (including phenoxy) is 1. The quantitative estimate of drug-likeness (QED) is 0.640. The summed E-state index contributed by atoms with van der Waals surface area (Å²) in [6.07, 6.45) is 0. The molecule has 2 nitrogen and oxygen atoms in total. The van der Waals surface area contributed by atoms with Gasteiger partial charge in [0.1, 0.15) is 0 Å². The van der Waals surface area contributed by atoms with Gasteiger partial charge in [-0.3, -0.25) is 0 Å². The second-order valence-electron chi connectivity index (χ2n) is 3.05. The largest absolute Gasteiger partial charge is 0.465 e. The van der Waals surface area contributed by atoms with Crippen LogP contribution in [0.4, 0.5) is 0 Å². The van der Waals surface area contributed by atoms with Crippen LogP contribution in [-0.4, -0.2) is 13.1 Å². The molecule has 0 aliphatic heterocycles. The predicted molar refractivity (Wildman–Crippen MR) is 54.4 cm³/mol. The lowest BCUT2D eigenvalue weighted by molar-refractivity contribution is 0.0601. The fourth-order valence-corrected chi connectivity index (χ4v) is 1.45. The maximum Gasteiger partial charge on any atom is 0.337 e. The molecule has 0 N–H and O–H groups in total. The number of methoxy groups -OCH3 is 1. The average molecular weight is 186 g/mol. The molecule has 0 aromatic rings. The summed E-state index contributed by atoms with van der Waals surface area (Å²) in [4.78, 5) is 11.3. The summed E-state index contributed by atoms with van der Waals surface area (Å²) >= 11 is 0. The highest BCUT2D eigenvalue weighted by Crippen LogP contribution is 2.22. The molecule has 0 fully saturated rings. The molecule has 0 bridgehead atoms. The van der Waals surface area contributed by atoms with E-state index < -0.39 is 0 Å². The van der Waals surface area contributed by atoms with E-state index in [9.17, 15) is 4.79 Å². The third kappa shape index (κ3) is 1.46. The fraction of sp³-hybridized carbons (Fsp3) is 0.0833. The SMILES string of the molecule is COC(=O)c1cccc2cccc-2c1. The monoisotopic (exact) mass is 186 g/mol. The minimum absolute atomic E-state index is 0.302. The van der Waals surface area contributed by atoms with Gasteiger partial charge in [0.2, 0.25) is 0 Å². The topological polar surface area (TPSA) is 26.3 Å². The number of hydrogen-bond acceptors (Lipinski definition) is 2. The molecule has 2 rings (SSSR count). The number of carbonyl (C=O) groups is 1. The lowest BCUT2D eigenvalue weighted by Gasteiger charge is -1.95. The van der Waals surface area contributed by atoms with Crippen molar-refractivity contribution in [3.05, 3.63) is 48.0 Å². The zero-order chi connectivity index (χ0) is 9.97. The Morgan fingerprint density at radius 1 is 1.07 bits per heavy atom. The molecule has 0 unspecified atom stereocenters. The van der Waals surface area contributed by atoms with E-state index in [1.54, 1.807) is 6.07 Å². The Morgan fingerprint density at radius 2 is 1.71 bits per heavy atom. The summed E-state index contributed by atoms with van der Waals surface area (Å²) in [5.74, 6) is -0.302. The van der Waals surface area contributed by atoms with E-state index in [1.807, 2.05) is 36.4 Å². The van der Waals surface area contributed by atoms with Crippen LogP contribution in [0.5, 0.6) is 0 Å². The van der Waals surface area contributed by atoms with Crippen molar-refractivity contribution < 1.29 is 9.53 Å². The van der Waals surface area contributed by atoms with Crippen LogP contribution < -0.4 is 0 Å². The van der Waals surface area contributed by atoms with Gasteiger partial charge in [0, 0.05) is 0 Å². The molecule has 2 heteroatoms. The normalized spacial score (nSPS) is 10.1. The van der Waals surface area contributed by atoms with Crippen LogP contribution in [-0.2, 0) is 4.74 Å². The van der Waals surface area contributed by atoms with Gasteiger partial charge >= 0.3 is 5.97 Å². The van der Waals surface area contributed by atoms with Crippen LogP contribution in [0.15, 0.2) is 42.5 Å². The highest BCUT2D eigenvalue weighted by Gasteiger charge is 2.06. The van der Waals surface area contributed by atoms with Crippen molar-refractivity contribution in [2.75, 3.05) is 7.11 Å². The molecular formula is C12H10O2. The summed E-state index contributed by atoms with van der Waals surface area (Å²) in [6, 6.07) is 13.4. The van der Waals surface area contributed by atoms with Crippen LogP contribution in [0.25, 0.3) is 11.1 Å². The van der Waals surface area contributed by atoms with E-state index in [-0.39, 0.29) is 5.97 Å². The summed E-state index contributed by atoms with van der Waals surface area (Å²) in [7, 11) is 1.39. The Bertz CT molecular complexity index is 434. The van der Waals surface area contributed by atoms with Crippen molar-refractivity contribution in [2.45, 2.75) is 0 Å². The maximum absolute atomic E-state index is 11.3. The third-order valence-corrected chi connectivity index (χ3v) is 2.17. The van der Waals surface area contributed by atoms with Gasteiger partial charge in [-0.1, -0.05) is 30.3 Å². The number of hydrogen-bond donors (Lipinski definition) is 0. The molecule has 0 aromatic heterocycles. The van der Waals surface area contributed by atoms with Gasteiger partial charge in [0.25, 0.3) is 0 Å². The Morgan fingerprint density at radius 3 is 2.43 bits per heavy atom. The van der Waals surface area contributed by atoms with Crippen molar-refractivity contribution in [3.8, 4) is 11.1 Å². The number of esters is 1. The molecule has 2 aliphatic carbocycles. The predicted octanol–water partition coefficient (Wildman–Crippen LogP) is 2.58. The molecule has 0 amide bonds. The second kappa shape index (κ2) is 3.50. The van der Waals surface area contributed by atoms with E-state index in [0.717, 1.165) is 11.1 Å². The summed E-state index contributed by atoms with van der Waals surface area (Å²) in [5.41, 5.74) is 2.75. The van der Waals surface area contributed by atoms with Gasteiger partial charge in [0.05, 0.1) is 12.7 Å². The standard InChI is InChI=1S/C12H10O2/c1-14-12(13)11-7-3-5-9-4-2-6-10(9)8-11/h2-8H,1H3. The number of fused-ring (bicyclic) bond motifs is 1. The molecule has 0 aromatic carbocycles. The highest BCUT2D eigenvalue weighted by molar-refractivity contribution is 5.90. The zero-order valence-corrected chi connectivity index (χ0v) is 7.86. The van der Waals surface area contributed by atoms with E-state index in [4.69, 9.17) is 0 Å². The van der Waals surface area contributed by atoms with Crippen LogP contribution >= 0.6 is 0 Å². The number of carbonyl (C=O) groups excluding carboxylic acids is 1. The molecule has 14 heavy (non-hydrogen) atoms. The van der Waals surface area contributed by atoms with E-state index in [1.165, 1.54) is 7.11 Å². The molecule has 0 atom stereocenters. The fourth-order valence-electron chi connectivity index (χ4n) is 1.45. The Labute approximate surface area is 82.5 Å². The third-order valence-electron chi connectivity index (χ3n) is 2.17. The Hall–Kier alpha value is -1.83. The first-order chi connectivity index (χ1) is 6.81. The van der Waals surface area contributed by atoms with E-state index in [0.29, 0.717) is 5.56 Å². The first-order valence-electron chi connectivity index (χ1n) is 4.38. The van der Waals surface area contributed by atoms with Gasteiger partial charge in [-0.2, -0.15) is 0 Å². The van der Waals surface area contributed by atoms with Gasteiger partial charge in [-0.15, -0.1) is 0 Å². The van der Waals surface area contributed by atoms with E-state index in [2.05, 4.69) is 4.74 Å². The molecule has 0 saturated heterocycles. The molecule has 0 spiro atoms. The molecule has 0 saturated carbocycles. The Kier molecular flexibility index (Phi) is 2.19. The van der Waals surface area contributed by atoms with Gasteiger partial charge in [-0.25, -0.2) is 4.79 Å². The lowest BCUT2D eigenvalue weighted by atomic mass is 10.2. The lowest BCUT2D eigenvalue weighted by Crippen LogP contribution is -1.99. The van der Waals surface area contributed by atoms with Crippen LogP contribution in [0.2, 0.25) is 0 Å². The molecule has 2 aliphatic rings. The van der Waals surface area contributed by atoms with Crippen LogP contribution in [0, 0.1) is 0 Å². The van der Waals surface area contributed by atoms with Gasteiger partial charge in [0.15, 0.2) is 0 Å². The first kappa shape index (κ1) is 8.75. The van der Waals surface area contributed by atoms with Crippen LogP contribution in [0.3, 0.4) is 0 Å². The second-order valence-corrected chi connectivity index (χ2v) is 3.05. The molecular weight excluding hydrogens is 176 g/mol. The summed E-state index contributed by atoms with van der Waals surface area (Å²) in [6.45, 7) is 0. The van der Waals surface area contributed by atoms with Gasteiger partial charge < -0.3 is 4.74 Å². The molecule has 70 valence electrons. The molecule has 0 radical (unpaired) electrons. The Balaban J connectivity index is 2.54. The average Bonchev–Trinajstić information content (AvgIpc) is 2.54. The maximum atomic E-state index is 11.3.